The lowest BCUT2D eigenvalue weighted by molar-refractivity contribution is 0.101. The van der Waals surface area contributed by atoms with Crippen LogP contribution in [0, 0.1) is 0 Å². The van der Waals surface area contributed by atoms with Gasteiger partial charge < -0.3 is 9.30 Å². The maximum atomic E-state index is 13.0. The molecule has 0 saturated heterocycles. The van der Waals surface area contributed by atoms with Crippen molar-refractivity contribution >= 4 is 38.6 Å². The van der Waals surface area contributed by atoms with Crippen molar-refractivity contribution in [1.29, 1.82) is 0 Å². The van der Waals surface area contributed by atoms with E-state index >= 15 is 0 Å². The first kappa shape index (κ1) is 20.0. The van der Waals surface area contributed by atoms with E-state index in [1.54, 1.807) is 24.4 Å². The Balaban J connectivity index is 1.60. The van der Waals surface area contributed by atoms with Gasteiger partial charge in [0.15, 0.2) is 5.76 Å². The normalized spacial score (nSPS) is 14.6. The van der Waals surface area contributed by atoms with E-state index in [1.807, 2.05) is 54.2 Å². The first-order chi connectivity index (χ1) is 15.3. The van der Waals surface area contributed by atoms with Crippen molar-refractivity contribution in [3.8, 4) is 16.9 Å². The van der Waals surface area contributed by atoms with E-state index in [9.17, 15) is 13.2 Å². The van der Waals surface area contributed by atoms with Gasteiger partial charge in [-0.25, -0.2) is 13.4 Å². The molecule has 0 unspecified atom stereocenters. The fourth-order valence-corrected chi connectivity index (χ4v) is 4.47. The third kappa shape index (κ3) is 3.54. The van der Waals surface area contributed by atoms with Gasteiger partial charge in [0.1, 0.15) is 11.4 Å². The zero-order chi connectivity index (χ0) is 22.5. The first-order valence-corrected chi connectivity index (χ1v) is 11.7. The van der Waals surface area contributed by atoms with Gasteiger partial charge in [-0.3, -0.25) is 9.52 Å². The van der Waals surface area contributed by atoms with Crippen LogP contribution in [-0.4, -0.2) is 30.0 Å². The highest BCUT2D eigenvalue weighted by molar-refractivity contribution is 7.92. The number of ether oxygens (including phenoxy) is 1. The molecular formula is C24H19N3O4S. The van der Waals surface area contributed by atoms with Gasteiger partial charge in [-0.1, -0.05) is 30.3 Å². The van der Waals surface area contributed by atoms with E-state index in [0.717, 1.165) is 34.0 Å². The molecule has 3 heterocycles. The van der Waals surface area contributed by atoms with E-state index in [-0.39, 0.29) is 11.5 Å². The largest absolute Gasteiger partial charge is 0.452 e. The highest BCUT2D eigenvalue weighted by Crippen LogP contribution is 2.36. The topological polar surface area (TPSA) is 90.3 Å². The van der Waals surface area contributed by atoms with E-state index in [2.05, 4.69) is 9.71 Å². The third-order valence-corrected chi connectivity index (χ3v) is 5.84. The number of allylic oxidation sites excluding steroid dienone is 1. The minimum absolute atomic E-state index is 0.173. The number of benzene rings is 2. The quantitative estimate of drug-likeness (QED) is 0.475. The summed E-state index contributed by atoms with van der Waals surface area (Å²) in [4.78, 5) is 17.5. The number of carbonyl (C=O) groups excluding carboxylic acids is 1. The second-order valence-electron chi connectivity index (χ2n) is 7.64. The van der Waals surface area contributed by atoms with Gasteiger partial charge in [0.2, 0.25) is 15.8 Å². The highest BCUT2D eigenvalue weighted by Gasteiger charge is 2.28. The minimum Gasteiger partial charge on any atom is -0.452 e. The number of rotatable bonds is 4. The number of anilines is 1. The number of fused-ring (bicyclic) bond motifs is 2. The Hall–Kier alpha value is -3.91. The molecule has 0 bridgehead atoms. The van der Waals surface area contributed by atoms with Crippen LogP contribution in [-0.2, 0) is 17.1 Å². The molecule has 2 aromatic carbocycles. The highest BCUT2D eigenvalue weighted by atomic mass is 32.2. The number of carbonyl (C=O) groups is 1. The fraction of sp³-hybridized carbons (Fsp3) is 0.0833. The molecule has 1 aliphatic rings. The molecule has 8 heteroatoms. The third-order valence-electron chi connectivity index (χ3n) is 5.23. The Morgan fingerprint density at radius 3 is 2.59 bits per heavy atom. The number of nitrogens with one attached hydrogen (secondary N) is 1. The summed E-state index contributed by atoms with van der Waals surface area (Å²) in [5, 5.41) is 0.917. The lowest BCUT2D eigenvalue weighted by atomic mass is 10.0. The molecule has 7 nitrogen and oxygen atoms in total. The van der Waals surface area contributed by atoms with E-state index < -0.39 is 10.0 Å². The molecule has 1 N–H and O–H groups in total. The summed E-state index contributed by atoms with van der Waals surface area (Å²) in [6.45, 7) is 0. The Kier molecular flexibility index (Phi) is 4.60. The lowest BCUT2D eigenvalue weighted by Crippen LogP contribution is -2.09. The summed E-state index contributed by atoms with van der Waals surface area (Å²) in [6.07, 6.45) is 6.45. The smallest absolute Gasteiger partial charge is 0.232 e. The molecule has 0 amide bonds. The van der Waals surface area contributed by atoms with E-state index in [1.165, 1.54) is 6.07 Å². The Morgan fingerprint density at radius 1 is 1.06 bits per heavy atom. The molecule has 0 spiro atoms. The molecule has 4 aromatic rings. The molecule has 5 rings (SSSR count). The Morgan fingerprint density at radius 2 is 1.84 bits per heavy atom. The number of hydrogen-bond donors (Lipinski definition) is 1. The van der Waals surface area contributed by atoms with Gasteiger partial charge in [-0.2, -0.15) is 0 Å². The number of sulfonamides is 1. The number of pyridine rings is 1. The number of nitrogens with zero attached hydrogens (tertiary/aromatic N) is 2. The number of Topliss-reactive ketones (excluding diaryl/α,β-unsaturated/α-hetero) is 1. The van der Waals surface area contributed by atoms with Crippen LogP contribution in [0.3, 0.4) is 0 Å². The van der Waals surface area contributed by atoms with Crippen molar-refractivity contribution in [2.24, 2.45) is 7.05 Å². The van der Waals surface area contributed by atoms with Crippen LogP contribution in [0.1, 0.15) is 15.9 Å². The Bertz CT molecular complexity index is 1520. The summed E-state index contributed by atoms with van der Waals surface area (Å²) in [5.74, 6) is 0.258. The second-order valence-corrected chi connectivity index (χ2v) is 9.39. The average Bonchev–Trinajstić information content (AvgIpc) is 3.24. The summed E-state index contributed by atoms with van der Waals surface area (Å²) in [7, 11) is -1.55. The van der Waals surface area contributed by atoms with E-state index in [4.69, 9.17) is 4.74 Å². The van der Waals surface area contributed by atoms with Crippen molar-refractivity contribution < 1.29 is 17.9 Å². The average molecular weight is 446 g/mol. The number of aryl methyl sites for hydroxylation is 1. The van der Waals surface area contributed by atoms with Crippen LogP contribution in [0.25, 0.3) is 28.2 Å². The molecule has 0 radical (unpaired) electrons. The standard InChI is InChI=1S/C24H19N3O4S/c1-27-14-16(22-18(10-11-25-24(22)27)15-6-4-3-5-7-15)12-21-23(28)19-13-17(26-32(2,29)30)8-9-20(19)31-21/h3-14,26H,1-2H3. The van der Waals surface area contributed by atoms with Crippen molar-refractivity contribution in [2.45, 2.75) is 0 Å². The molecule has 0 aliphatic carbocycles. The second kappa shape index (κ2) is 7.35. The van der Waals surface area contributed by atoms with Gasteiger partial charge in [-0.15, -0.1) is 0 Å². The van der Waals surface area contributed by atoms with E-state index in [0.29, 0.717) is 17.0 Å². The van der Waals surface area contributed by atoms with Crippen LogP contribution in [0.5, 0.6) is 5.75 Å². The van der Waals surface area contributed by atoms with Crippen LogP contribution in [0.4, 0.5) is 5.69 Å². The summed E-state index contributed by atoms with van der Waals surface area (Å²) in [5.41, 5.74) is 4.27. The van der Waals surface area contributed by atoms with Gasteiger partial charge >= 0.3 is 0 Å². The maximum Gasteiger partial charge on any atom is 0.232 e. The molecule has 0 saturated carbocycles. The number of aromatic nitrogens is 2. The maximum absolute atomic E-state index is 13.0. The summed E-state index contributed by atoms with van der Waals surface area (Å²) in [6, 6.07) is 16.6. The molecular weight excluding hydrogens is 426 g/mol. The molecule has 160 valence electrons. The molecule has 1 aliphatic heterocycles. The minimum atomic E-state index is -3.45. The molecule has 0 atom stereocenters. The van der Waals surface area contributed by atoms with Crippen LogP contribution >= 0.6 is 0 Å². The van der Waals surface area contributed by atoms with Crippen LogP contribution in [0.2, 0.25) is 0 Å². The van der Waals surface area contributed by atoms with Crippen LogP contribution < -0.4 is 9.46 Å². The SMILES string of the molecule is Cn1cc(C=C2Oc3ccc(NS(C)(=O)=O)cc3C2=O)c2c(-c3ccccc3)ccnc21. The van der Waals surface area contributed by atoms with Crippen LogP contribution in [0.15, 0.2) is 72.8 Å². The zero-order valence-electron chi connectivity index (χ0n) is 17.4. The fourth-order valence-electron chi connectivity index (χ4n) is 3.91. The molecule has 2 aromatic heterocycles. The van der Waals surface area contributed by atoms with Gasteiger partial charge in [0.05, 0.1) is 11.8 Å². The van der Waals surface area contributed by atoms with Gasteiger partial charge in [0, 0.05) is 36.1 Å². The van der Waals surface area contributed by atoms with Crippen molar-refractivity contribution in [2.75, 3.05) is 11.0 Å². The zero-order valence-corrected chi connectivity index (χ0v) is 18.2. The molecule has 0 fully saturated rings. The summed E-state index contributed by atoms with van der Waals surface area (Å²) >= 11 is 0. The summed E-state index contributed by atoms with van der Waals surface area (Å²) < 4.78 is 33.1. The van der Waals surface area contributed by atoms with Gasteiger partial charge in [0.25, 0.3) is 0 Å². The van der Waals surface area contributed by atoms with Crippen molar-refractivity contribution in [3.63, 3.8) is 0 Å². The monoisotopic (exact) mass is 445 g/mol. The number of ketones is 1. The number of hydrogen-bond acceptors (Lipinski definition) is 5. The predicted molar refractivity (Wildman–Crippen MR) is 124 cm³/mol. The predicted octanol–water partition coefficient (Wildman–Crippen LogP) is 4.23. The molecule has 32 heavy (non-hydrogen) atoms. The van der Waals surface area contributed by atoms with Crippen molar-refractivity contribution in [3.05, 3.63) is 83.9 Å². The van der Waals surface area contributed by atoms with Crippen molar-refractivity contribution in [1.82, 2.24) is 9.55 Å². The van der Waals surface area contributed by atoms with Gasteiger partial charge in [-0.05, 0) is 41.5 Å². The lowest BCUT2D eigenvalue weighted by Gasteiger charge is -2.05. The Labute approximate surface area is 185 Å². The first-order valence-electron chi connectivity index (χ1n) is 9.86.